The number of rotatable bonds is 7. The Morgan fingerprint density at radius 3 is 2.15 bits per heavy atom. The summed E-state index contributed by atoms with van der Waals surface area (Å²) in [5.41, 5.74) is 1.32. The number of benzene rings is 2. The lowest BCUT2D eigenvalue weighted by atomic mass is 10.2. The molecule has 0 aliphatic carbocycles. The molecule has 2 heteroatoms. The summed E-state index contributed by atoms with van der Waals surface area (Å²) in [6.45, 7) is 4.82. The second-order valence-electron chi connectivity index (χ2n) is 4.77. The molecule has 2 nitrogen and oxygen atoms in total. The zero-order chi connectivity index (χ0) is 14.2. The molecule has 0 aliphatic heterocycles. The number of para-hydroxylation sites is 1. The van der Waals surface area contributed by atoms with E-state index in [4.69, 9.17) is 9.47 Å². The molecule has 20 heavy (non-hydrogen) atoms. The fourth-order valence-corrected chi connectivity index (χ4v) is 1.94. The maximum absolute atomic E-state index is 5.91. The van der Waals surface area contributed by atoms with E-state index in [9.17, 15) is 0 Å². The van der Waals surface area contributed by atoms with Crippen molar-refractivity contribution in [1.82, 2.24) is 0 Å². The van der Waals surface area contributed by atoms with Crippen LogP contribution >= 0.6 is 0 Å². The normalized spacial score (nSPS) is 11.9. The fraction of sp³-hybridized carbons (Fsp3) is 0.333. The van der Waals surface area contributed by atoms with Gasteiger partial charge in [-0.05, 0) is 42.7 Å². The van der Waals surface area contributed by atoms with Crippen LogP contribution in [-0.4, -0.2) is 12.7 Å². The molecule has 0 radical (unpaired) electrons. The maximum atomic E-state index is 5.91. The zero-order valence-corrected chi connectivity index (χ0v) is 12.2. The molecule has 0 heterocycles. The molecule has 0 spiro atoms. The van der Waals surface area contributed by atoms with Gasteiger partial charge in [0.15, 0.2) is 0 Å². The molecule has 0 amide bonds. The SMILES string of the molecule is CCc1ccc(OCC(CC)Oc2ccccc2)cc1. The number of aryl methyl sites for hydroxylation is 1. The summed E-state index contributed by atoms with van der Waals surface area (Å²) >= 11 is 0. The summed E-state index contributed by atoms with van der Waals surface area (Å²) in [6.07, 6.45) is 2.04. The molecule has 2 aromatic carbocycles. The van der Waals surface area contributed by atoms with Crippen LogP contribution in [0.1, 0.15) is 25.8 Å². The van der Waals surface area contributed by atoms with Crippen LogP contribution in [0.4, 0.5) is 0 Å². The highest BCUT2D eigenvalue weighted by atomic mass is 16.5. The Bertz CT molecular complexity index is 491. The highest BCUT2D eigenvalue weighted by molar-refractivity contribution is 5.27. The van der Waals surface area contributed by atoms with Crippen LogP contribution < -0.4 is 9.47 Å². The van der Waals surface area contributed by atoms with Crippen LogP contribution in [0.2, 0.25) is 0 Å². The molecule has 2 aromatic rings. The minimum Gasteiger partial charge on any atom is -0.490 e. The standard InChI is InChI=1S/C18H22O2/c1-3-15-10-12-17(13-11-15)19-14-16(4-2)20-18-8-6-5-7-9-18/h5-13,16H,3-4,14H2,1-2H3. The fourth-order valence-electron chi connectivity index (χ4n) is 1.94. The van der Waals surface area contributed by atoms with E-state index in [2.05, 4.69) is 26.0 Å². The lowest BCUT2D eigenvalue weighted by molar-refractivity contribution is 0.125. The van der Waals surface area contributed by atoms with Crippen LogP contribution in [0, 0.1) is 0 Å². The highest BCUT2D eigenvalue weighted by Gasteiger charge is 2.09. The first-order chi connectivity index (χ1) is 9.81. The molecule has 0 saturated heterocycles. The van der Waals surface area contributed by atoms with Crippen LogP contribution in [-0.2, 0) is 6.42 Å². The molecular formula is C18H22O2. The summed E-state index contributed by atoms with van der Waals surface area (Å²) in [6, 6.07) is 18.1. The largest absolute Gasteiger partial charge is 0.490 e. The molecule has 0 saturated carbocycles. The monoisotopic (exact) mass is 270 g/mol. The van der Waals surface area contributed by atoms with E-state index >= 15 is 0 Å². The molecule has 1 atom stereocenters. The lowest BCUT2D eigenvalue weighted by Crippen LogP contribution is -2.23. The van der Waals surface area contributed by atoms with Crippen LogP contribution in [0.3, 0.4) is 0 Å². The zero-order valence-electron chi connectivity index (χ0n) is 12.2. The summed E-state index contributed by atoms with van der Waals surface area (Å²) in [5.74, 6) is 1.79. The van der Waals surface area contributed by atoms with E-state index in [-0.39, 0.29) is 6.10 Å². The summed E-state index contributed by atoms with van der Waals surface area (Å²) in [4.78, 5) is 0. The Hall–Kier alpha value is -1.96. The first-order valence-electron chi connectivity index (χ1n) is 7.25. The second kappa shape index (κ2) is 7.59. The van der Waals surface area contributed by atoms with Gasteiger partial charge in [-0.2, -0.15) is 0 Å². The van der Waals surface area contributed by atoms with Gasteiger partial charge >= 0.3 is 0 Å². The molecule has 0 N–H and O–H groups in total. The van der Waals surface area contributed by atoms with E-state index in [1.165, 1.54) is 5.56 Å². The predicted octanol–water partition coefficient (Wildman–Crippen LogP) is 4.49. The maximum Gasteiger partial charge on any atom is 0.132 e. The minimum absolute atomic E-state index is 0.0725. The van der Waals surface area contributed by atoms with Crippen LogP contribution in [0.15, 0.2) is 54.6 Å². The second-order valence-corrected chi connectivity index (χ2v) is 4.77. The number of ether oxygens (including phenoxy) is 2. The van der Waals surface area contributed by atoms with Gasteiger partial charge < -0.3 is 9.47 Å². The van der Waals surface area contributed by atoms with Gasteiger partial charge in [-0.3, -0.25) is 0 Å². The third-order valence-electron chi connectivity index (χ3n) is 3.27. The Balaban J connectivity index is 1.86. The van der Waals surface area contributed by atoms with Crippen molar-refractivity contribution in [2.24, 2.45) is 0 Å². The van der Waals surface area contributed by atoms with Crippen LogP contribution in [0.5, 0.6) is 11.5 Å². The van der Waals surface area contributed by atoms with Gasteiger partial charge in [-0.15, -0.1) is 0 Å². The Morgan fingerprint density at radius 2 is 1.55 bits per heavy atom. The van der Waals surface area contributed by atoms with E-state index in [0.717, 1.165) is 24.3 Å². The van der Waals surface area contributed by atoms with Gasteiger partial charge in [-0.1, -0.05) is 44.2 Å². The van der Waals surface area contributed by atoms with E-state index in [1.54, 1.807) is 0 Å². The number of hydrogen-bond acceptors (Lipinski definition) is 2. The Kier molecular flexibility index (Phi) is 5.48. The van der Waals surface area contributed by atoms with Crippen molar-refractivity contribution in [2.75, 3.05) is 6.61 Å². The molecule has 2 rings (SSSR count). The van der Waals surface area contributed by atoms with Crippen molar-refractivity contribution >= 4 is 0 Å². The van der Waals surface area contributed by atoms with Gasteiger partial charge in [-0.25, -0.2) is 0 Å². The Morgan fingerprint density at radius 1 is 0.850 bits per heavy atom. The van der Waals surface area contributed by atoms with Crippen molar-refractivity contribution in [3.05, 3.63) is 60.2 Å². The van der Waals surface area contributed by atoms with Gasteiger partial charge in [0.2, 0.25) is 0 Å². The summed E-state index contributed by atoms with van der Waals surface area (Å²) in [7, 11) is 0. The van der Waals surface area contributed by atoms with Gasteiger partial charge in [0, 0.05) is 0 Å². The molecular weight excluding hydrogens is 248 g/mol. The van der Waals surface area contributed by atoms with Crippen molar-refractivity contribution in [1.29, 1.82) is 0 Å². The van der Waals surface area contributed by atoms with E-state index in [0.29, 0.717) is 6.61 Å². The Labute approximate surface area is 121 Å². The first kappa shape index (κ1) is 14.4. The average molecular weight is 270 g/mol. The molecule has 1 unspecified atom stereocenters. The smallest absolute Gasteiger partial charge is 0.132 e. The summed E-state index contributed by atoms with van der Waals surface area (Å²) in [5, 5.41) is 0. The number of hydrogen-bond donors (Lipinski definition) is 0. The van der Waals surface area contributed by atoms with Gasteiger partial charge in [0.25, 0.3) is 0 Å². The molecule has 0 aliphatic rings. The average Bonchev–Trinajstić information content (AvgIpc) is 2.53. The lowest BCUT2D eigenvalue weighted by Gasteiger charge is -2.18. The third-order valence-corrected chi connectivity index (χ3v) is 3.27. The minimum atomic E-state index is 0.0725. The predicted molar refractivity (Wildman–Crippen MR) is 82.5 cm³/mol. The molecule has 0 bridgehead atoms. The third kappa shape index (κ3) is 4.30. The molecule has 0 aromatic heterocycles. The topological polar surface area (TPSA) is 18.5 Å². The molecule has 0 fully saturated rings. The van der Waals surface area contributed by atoms with Crippen LogP contribution in [0.25, 0.3) is 0 Å². The first-order valence-corrected chi connectivity index (χ1v) is 7.25. The highest BCUT2D eigenvalue weighted by Crippen LogP contribution is 2.16. The van der Waals surface area contributed by atoms with Crippen molar-refractivity contribution < 1.29 is 9.47 Å². The van der Waals surface area contributed by atoms with E-state index < -0.39 is 0 Å². The molecule has 106 valence electrons. The quantitative estimate of drug-likeness (QED) is 0.738. The van der Waals surface area contributed by atoms with Crippen molar-refractivity contribution in [3.63, 3.8) is 0 Å². The van der Waals surface area contributed by atoms with Gasteiger partial charge in [0.1, 0.15) is 24.2 Å². The van der Waals surface area contributed by atoms with Crippen molar-refractivity contribution in [3.8, 4) is 11.5 Å². The van der Waals surface area contributed by atoms with Crippen molar-refractivity contribution in [2.45, 2.75) is 32.8 Å². The van der Waals surface area contributed by atoms with Gasteiger partial charge in [0.05, 0.1) is 0 Å². The van der Waals surface area contributed by atoms with E-state index in [1.807, 2.05) is 42.5 Å². The summed E-state index contributed by atoms with van der Waals surface area (Å²) < 4.78 is 11.7.